The van der Waals surface area contributed by atoms with E-state index in [1.54, 1.807) is 18.2 Å². The number of ether oxygens (including phenoxy) is 2. The predicted molar refractivity (Wildman–Crippen MR) is 79.8 cm³/mol. The fourth-order valence-corrected chi connectivity index (χ4v) is 2.02. The molecule has 3 rings (SSSR count). The Morgan fingerprint density at radius 1 is 1.18 bits per heavy atom. The molecule has 1 aliphatic rings. The van der Waals surface area contributed by atoms with Crippen LogP contribution in [-0.2, 0) is 0 Å². The van der Waals surface area contributed by atoms with Crippen LogP contribution >= 0.6 is 0 Å². The number of benzene rings is 1. The minimum Gasteiger partial charge on any atom is -0.454 e. The molecule has 1 aliphatic heterocycles. The minimum atomic E-state index is -0.239. The molecular weight excluding hydrogens is 284 g/mol. The van der Waals surface area contributed by atoms with Crippen molar-refractivity contribution in [3.05, 3.63) is 30.0 Å². The summed E-state index contributed by atoms with van der Waals surface area (Å²) in [4.78, 5) is 12.1. The van der Waals surface area contributed by atoms with Crippen LogP contribution in [0.5, 0.6) is 11.5 Å². The van der Waals surface area contributed by atoms with Crippen molar-refractivity contribution in [1.82, 2.24) is 10.5 Å². The summed E-state index contributed by atoms with van der Waals surface area (Å²) in [6.07, 6.45) is 0. The highest BCUT2D eigenvalue weighted by molar-refractivity contribution is 5.93. The van der Waals surface area contributed by atoms with Gasteiger partial charge >= 0.3 is 0 Å². The Kier molecular flexibility index (Phi) is 3.75. The molecule has 6 nitrogen and oxygen atoms in total. The van der Waals surface area contributed by atoms with Gasteiger partial charge in [0.25, 0.3) is 5.91 Å². The van der Waals surface area contributed by atoms with Gasteiger partial charge in [-0.25, -0.2) is 0 Å². The van der Waals surface area contributed by atoms with Crippen molar-refractivity contribution in [2.24, 2.45) is 5.92 Å². The molecule has 6 heteroatoms. The smallest absolute Gasteiger partial charge is 0.273 e. The Hall–Kier alpha value is -2.50. The fraction of sp³-hybridized carbons (Fsp3) is 0.375. The summed E-state index contributed by atoms with van der Waals surface area (Å²) in [5.41, 5.74) is 1.05. The number of fused-ring (bicyclic) bond motifs is 1. The molecule has 22 heavy (non-hydrogen) atoms. The molecule has 0 spiro atoms. The highest BCUT2D eigenvalue weighted by atomic mass is 16.7. The largest absolute Gasteiger partial charge is 0.454 e. The number of nitrogens with one attached hydrogen (secondary N) is 1. The van der Waals surface area contributed by atoms with E-state index in [1.165, 1.54) is 0 Å². The van der Waals surface area contributed by atoms with Gasteiger partial charge in [0.2, 0.25) is 6.79 Å². The van der Waals surface area contributed by atoms with Crippen molar-refractivity contribution < 1.29 is 18.8 Å². The van der Waals surface area contributed by atoms with E-state index in [2.05, 4.69) is 10.5 Å². The topological polar surface area (TPSA) is 73.6 Å². The van der Waals surface area contributed by atoms with Crippen molar-refractivity contribution in [2.45, 2.75) is 26.8 Å². The maximum Gasteiger partial charge on any atom is 0.273 e. The summed E-state index contributed by atoms with van der Waals surface area (Å²) in [5, 5.41) is 6.74. The molecule has 0 unspecified atom stereocenters. The van der Waals surface area contributed by atoms with E-state index < -0.39 is 0 Å². The zero-order chi connectivity index (χ0) is 15.7. The number of aromatic nitrogens is 1. The second-order valence-corrected chi connectivity index (χ2v) is 5.65. The zero-order valence-corrected chi connectivity index (χ0v) is 12.8. The molecule has 1 aromatic heterocycles. The van der Waals surface area contributed by atoms with Gasteiger partial charge in [0.1, 0.15) is 0 Å². The van der Waals surface area contributed by atoms with E-state index in [0.29, 0.717) is 23.2 Å². The van der Waals surface area contributed by atoms with Gasteiger partial charge in [-0.15, -0.1) is 0 Å². The average molecular weight is 302 g/mol. The molecule has 1 amide bonds. The lowest BCUT2D eigenvalue weighted by molar-refractivity contribution is 0.0921. The van der Waals surface area contributed by atoms with Crippen molar-refractivity contribution in [1.29, 1.82) is 0 Å². The lowest BCUT2D eigenvalue weighted by Gasteiger charge is -2.16. The Labute approximate surface area is 128 Å². The number of carbonyl (C=O) groups excluding carboxylic acids is 1. The first-order valence-electron chi connectivity index (χ1n) is 7.22. The third-order valence-corrected chi connectivity index (χ3v) is 3.76. The summed E-state index contributed by atoms with van der Waals surface area (Å²) >= 11 is 0. The molecule has 2 heterocycles. The molecule has 1 aromatic carbocycles. The predicted octanol–water partition coefficient (Wildman–Crippen LogP) is 2.84. The lowest BCUT2D eigenvalue weighted by atomic mass is 10.1. The van der Waals surface area contributed by atoms with E-state index in [4.69, 9.17) is 14.0 Å². The quantitative estimate of drug-likeness (QED) is 0.940. The van der Waals surface area contributed by atoms with Gasteiger partial charge in [-0.1, -0.05) is 19.0 Å². The average Bonchev–Trinajstić information content (AvgIpc) is 3.15. The second-order valence-electron chi connectivity index (χ2n) is 5.65. The van der Waals surface area contributed by atoms with Crippen LogP contribution in [0.15, 0.2) is 28.8 Å². The van der Waals surface area contributed by atoms with Crippen LogP contribution in [0.25, 0.3) is 11.3 Å². The van der Waals surface area contributed by atoms with E-state index in [1.807, 2.05) is 26.8 Å². The first-order chi connectivity index (χ1) is 10.5. The van der Waals surface area contributed by atoms with Crippen LogP contribution in [0, 0.1) is 5.92 Å². The van der Waals surface area contributed by atoms with Crippen molar-refractivity contribution in [3.63, 3.8) is 0 Å². The van der Waals surface area contributed by atoms with Crippen molar-refractivity contribution in [3.8, 4) is 22.8 Å². The van der Waals surface area contributed by atoms with E-state index >= 15 is 0 Å². The summed E-state index contributed by atoms with van der Waals surface area (Å²) in [6.45, 7) is 6.27. The van der Waals surface area contributed by atoms with Crippen LogP contribution < -0.4 is 14.8 Å². The number of rotatable bonds is 4. The number of amides is 1. The zero-order valence-electron chi connectivity index (χ0n) is 12.8. The molecule has 1 atom stereocenters. The maximum absolute atomic E-state index is 12.1. The molecule has 0 saturated carbocycles. The minimum absolute atomic E-state index is 0.0678. The molecule has 2 aromatic rings. The molecule has 0 radical (unpaired) electrons. The fourth-order valence-electron chi connectivity index (χ4n) is 2.02. The van der Waals surface area contributed by atoms with E-state index in [-0.39, 0.29) is 24.4 Å². The maximum atomic E-state index is 12.1. The van der Waals surface area contributed by atoms with Gasteiger partial charge in [0.05, 0.1) is 0 Å². The Bertz CT molecular complexity index is 693. The van der Waals surface area contributed by atoms with Crippen LogP contribution in [0.4, 0.5) is 0 Å². The van der Waals surface area contributed by atoms with Gasteiger partial charge < -0.3 is 19.3 Å². The molecule has 1 N–H and O–H groups in total. The van der Waals surface area contributed by atoms with Crippen LogP contribution in [0.2, 0.25) is 0 Å². The summed E-state index contributed by atoms with van der Waals surface area (Å²) in [5.74, 6) is 1.99. The monoisotopic (exact) mass is 302 g/mol. The molecule has 0 bridgehead atoms. The van der Waals surface area contributed by atoms with Crippen LogP contribution in [0.3, 0.4) is 0 Å². The third-order valence-electron chi connectivity index (χ3n) is 3.76. The molecule has 0 aliphatic carbocycles. The summed E-state index contributed by atoms with van der Waals surface area (Å²) in [6, 6.07) is 7.15. The van der Waals surface area contributed by atoms with Gasteiger partial charge in [-0.05, 0) is 31.0 Å². The van der Waals surface area contributed by atoms with Crippen molar-refractivity contribution >= 4 is 5.91 Å². The lowest BCUT2D eigenvalue weighted by Crippen LogP contribution is -2.36. The van der Waals surface area contributed by atoms with Gasteiger partial charge in [0, 0.05) is 17.7 Å². The Morgan fingerprint density at radius 2 is 1.95 bits per heavy atom. The van der Waals surface area contributed by atoms with Crippen LogP contribution in [-0.4, -0.2) is 23.9 Å². The Balaban J connectivity index is 1.77. The molecule has 116 valence electrons. The highest BCUT2D eigenvalue weighted by Gasteiger charge is 2.19. The van der Waals surface area contributed by atoms with Gasteiger partial charge in [-0.3, -0.25) is 4.79 Å². The van der Waals surface area contributed by atoms with Crippen molar-refractivity contribution in [2.75, 3.05) is 6.79 Å². The molecule has 0 saturated heterocycles. The van der Waals surface area contributed by atoms with E-state index in [9.17, 15) is 4.79 Å². The highest BCUT2D eigenvalue weighted by Crippen LogP contribution is 2.35. The van der Waals surface area contributed by atoms with Gasteiger partial charge in [-0.2, -0.15) is 0 Å². The standard InChI is InChI=1S/C16H18N2O4/c1-9(2)10(3)17-16(19)12-7-14(22-18-12)11-4-5-13-15(6-11)21-8-20-13/h4-7,9-10H,8H2,1-3H3,(H,17,19)/t10-/m1/s1. The number of nitrogens with zero attached hydrogens (tertiary/aromatic N) is 1. The Morgan fingerprint density at radius 3 is 2.73 bits per heavy atom. The van der Waals surface area contributed by atoms with Crippen LogP contribution in [0.1, 0.15) is 31.3 Å². The van der Waals surface area contributed by atoms with Gasteiger partial charge in [0.15, 0.2) is 23.0 Å². The second kappa shape index (κ2) is 5.71. The summed E-state index contributed by atoms with van der Waals surface area (Å²) in [7, 11) is 0. The third kappa shape index (κ3) is 2.77. The number of hydrogen-bond acceptors (Lipinski definition) is 5. The molecular formula is C16H18N2O4. The van der Waals surface area contributed by atoms with E-state index in [0.717, 1.165) is 5.56 Å². The SMILES string of the molecule is CC(C)[C@@H](C)NC(=O)c1cc(-c2ccc3c(c2)OCO3)on1. The molecule has 0 fully saturated rings. The first kappa shape index (κ1) is 14.4. The normalized spacial score (nSPS) is 14.2. The summed E-state index contributed by atoms with van der Waals surface area (Å²) < 4.78 is 15.9. The number of hydrogen-bond donors (Lipinski definition) is 1. The number of carbonyl (C=O) groups is 1. The first-order valence-corrected chi connectivity index (χ1v) is 7.22.